The number of rotatable bonds is 6. The second-order valence-corrected chi connectivity index (χ2v) is 6.54. The minimum absolute atomic E-state index is 0.140. The SMILES string of the molecule is CSc1ccc(C(=O)/C=C/c2ccc(-c3ccc(O)c(C(=O)O)c3)o2)cc1. The summed E-state index contributed by atoms with van der Waals surface area (Å²) in [4.78, 5) is 24.4. The summed E-state index contributed by atoms with van der Waals surface area (Å²) in [6, 6.07) is 14.9. The summed E-state index contributed by atoms with van der Waals surface area (Å²) in [7, 11) is 0. The molecule has 0 radical (unpaired) electrons. The summed E-state index contributed by atoms with van der Waals surface area (Å²) in [5.41, 5.74) is 0.897. The summed E-state index contributed by atoms with van der Waals surface area (Å²) < 4.78 is 5.65. The maximum Gasteiger partial charge on any atom is 0.339 e. The van der Waals surface area contributed by atoms with Gasteiger partial charge >= 0.3 is 5.97 Å². The fraction of sp³-hybridized carbons (Fsp3) is 0.0476. The Kier molecular flexibility index (Phi) is 5.47. The highest BCUT2D eigenvalue weighted by atomic mass is 32.2. The smallest absolute Gasteiger partial charge is 0.339 e. The molecule has 0 aliphatic carbocycles. The third-order valence-electron chi connectivity index (χ3n) is 3.91. The fourth-order valence-corrected chi connectivity index (χ4v) is 2.88. The molecule has 0 aliphatic rings. The first-order valence-corrected chi connectivity index (χ1v) is 9.23. The number of allylic oxidation sites excluding steroid dienone is 1. The third kappa shape index (κ3) is 4.30. The van der Waals surface area contributed by atoms with Crippen molar-refractivity contribution in [2.24, 2.45) is 0 Å². The van der Waals surface area contributed by atoms with Crippen molar-refractivity contribution >= 4 is 29.6 Å². The summed E-state index contributed by atoms with van der Waals surface area (Å²) >= 11 is 1.61. The zero-order chi connectivity index (χ0) is 19.4. The first kappa shape index (κ1) is 18.5. The number of carboxylic acids is 1. The Balaban J connectivity index is 1.77. The Morgan fingerprint density at radius 2 is 1.78 bits per heavy atom. The van der Waals surface area contributed by atoms with E-state index < -0.39 is 5.97 Å². The van der Waals surface area contributed by atoms with Gasteiger partial charge in [-0.15, -0.1) is 11.8 Å². The van der Waals surface area contributed by atoms with Crippen molar-refractivity contribution in [3.8, 4) is 17.1 Å². The topological polar surface area (TPSA) is 87.7 Å². The van der Waals surface area contributed by atoms with Gasteiger partial charge in [0.15, 0.2) is 5.78 Å². The van der Waals surface area contributed by atoms with E-state index in [0.29, 0.717) is 22.6 Å². The Morgan fingerprint density at radius 1 is 1.04 bits per heavy atom. The average Bonchev–Trinajstić information content (AvgIpc) is 3.15. The lowest BCUT2D eigenvalue weighted by atomic mass is 10.1. The molecule has 6 heteroatoms. The summed E-state index contributed by atoms with van der Waals surface area (Å²) in [5.74, 6) is -0.772. The van der Waals surface area contributed by atoms with Gasteiger partial charge in [0.25, 0.3) is 0 Å². The maximum atomic E-state index is 12.2. The molecule has 0 spiro atoms. The van der Waals surface area contributed by atoms with E-state index in [-0.39, 0.29) is 17.1 Å². The zero-order valence-electron chi connectivity index (χ0n) is 14.4. The van der Waals surface area contributed by atoms with Gasteiger partial charge in [0.1, 0.15) is 22.8 Å². The minimum atomic E-state index is -1.22. The monoisotopic (exact) mass is 380 g/mol. The second-order valence-electron chi connectivity index (χ2n) is 5.67. The molecule has 136 valence electrons. The van der Waals surface area contributed by atoms with Crippen LogP contribution >= 0.6 is 11.8 Å². The van der Waals surface area contributed by atoms with Crippen LogP contribution < -0.4 is 0 Å². The van der Waals surface area contributed by atoms with Crippen molar-refractivity contribution < 1.29 is 24.2 Å². The molecule has 1 heterocycles. The van der Waals surface area contributed by atoms with Crippen LogP contribution in [0, 0.1) is 0 Å². The molecular weight excluding hydrogens is 364 g/mol. The van der Waals surface area contributed by atoms with Gasteiger partial charge in [-0.3, -0.25) is 4.79 Å². The Bertz CT molecular complexity index is 1020. The van der Waals surface area contributed by atoms with Crippen molar-refractivity contribution in [3.63, 3.8) is 0 Å². The number of hydrogen-bond donors (Lipinski definition) is 2. The Hall–Kier alpha value is -3.25. The molecule has 0 atom stereocenters. The Morgan fingerprint density at radius 3 is 2.44 bits per heavy atom. The molecule has 3 aromatic rings. The number of hydrogen-bond acceptors (Lipinski definition) is 5. The number of thioether (sulfide) groups is 1. The van der Waals surface area contributed by atoms with Crippen LogP contribution in [0.5, 0.6) is 5.75 Å². The summed E-state index contributed by atoms with van der Waals surface area (Å²) in [6.07, 6.45) is 4.96. The first-order chi connectivity index (χ1) is 13.0. The van der Waals surface area contributed by atoms with E-state index in [4.69, 9.17) is 9.52 Å². The molecule has 3 rings (SSSR count). The van der Waals surface area contributed by atoms with Gasteiger partial charge in [-0.25, -0.2) is 4.79 Å². The molecule has 0 aliphatic heterocycles. The van der Waals surface area contributed by atoms with Crippen LogP contribution in [-0.4, -0.2) is 28.2 Å². The Labute approximate surface area is 160 Å². The van der Waals surface area contributed by atoms with Crippen molar-refractivity contribution in [2.45, 2.75) is 4.90 Å². The number of ketones is 1. The van der Waals surface area contributed by atoms with E-state index in [1.807, 2.05) is 18.4 Å². The standard InChI is InChI=1S/C21H16O5S/c1-27-16-7-2-13(3-8-16)18(22)10-5-15-6-11-20(26-15)14-4-9-19(23)17(12-14)21(24)25/h2-12,23H,1H3,(H,24,25)/b10-5+. The van der Waals surface area contributed by atoms with Gasteiger partial charge in [-0.2, -0.15) is 0 Å². The number of phenols is 1. The quantitative estimate of drug-likeness (QED) is 0.357. The predicted octanol–water partition coefficient (Wildman–Crippen LogP) is 4.97. The molecular formula is C21H16O5S. The van der Waals surface area contributed by atoms with Gasteiger partial charge in [0.2, 0.25) is 0 Å². The van der Waals surface area contributed by atoms with Crippen LogP contribution in [0.2, 0.25) is 0 Å². The number of aromatic carboxylic acids is 1. The normalized spacial score (nSPS) is 11.0. The number of aromatic hydroxyl groups is 1. The lowest BCUT2D eigenvalue weighted by Gasteiger charge is -2.02. The van der Waals surface area contributed by atoms with E-state index in [1.165, 1.54) is 18.2 Å². The number of carboxylic acid groups (broad SMARTS) is 1. The summed E-state index contributed by atoms with van der Waals surface area (Å²) in [6.45, 7) is 0. The molecule has 0 unspecified atom stereocenters. The van der Waals surface area contributed by atoms with Gasteiger partial charge in [-0.1, -0.05) is 0 Å². The largest absolute Gasteiger partial charge is 0.507 e. The van der Waals surface area contributed by atoms with E-state index in [1.54, 1.807) is 48.2 Å². The van der Waals surface area contributed by atoms with Crippen LogP contribution in [0.15, 0.2) is 70.0 Å². The van der Waals surface area contributed by atoms with Crippen LogP contribution in [0.3, 0.4) is 0 Å². The lowest BCUT2D eigenvalue weighted by molar-refractivity contribution is 0.0693. The maximum absolute atomic E-state index is 12.2. The van der Waals surface area contributed by atoms with Crippen LogP contribution in [0.4, 0.5) is 0 Å². The molecule has 2 N–H and O–H groups in total. The van der Waals surface area contributed by atoms with E-state index in [0.717, 1.165) is 4.90 Å². The highest BCUT2D eigenvalue weighted by molar-refractivity contribution is 7.98. The van der Waals surface area contributed by atoms with Gasteiger partial charge in [0, 0.05) is 16.0 Å². The fourth-order valence-electron chi connectivity index (χ4n) is 2.47. The third-order valence-corrected chi connectivity index (χ3v) is 4.66. The number of benzene rings is 2. The van der Waals surface area contributed by atoms with Crippen LogP contribution in [0.1, 0.15) is 26.5 Å². The van der Waals surface area contributed by atoms with Gasteiger partial charge < -0.3 is 14.6 Å². The van der Waals surface area contributed by atoms with Gasteiger partial charge in [-0.05, 0) is 73.0 Å². The molecule has 0 bridgehead atoms. The molecule has 0 fully saturated rings. The number of furan rings is 1. The van der Waals surface area contributed by atoms with Crippen LogP contribution in [-0.2, 0) is 0 Å². The predicted molar refractivity (Wildman–Crippen MR) is 104 cm³/mol. The molecule has 0 saturated carbocycles. The van der Waals surface area contributed by atoms with Crippen molar-refractivity contribution in [2.75, 3.05) is 6.26 Å². The second kappa shape index (κ2) is 7.97. The van der Waals surface area contributed by atoms with Crippen molar-refractivity contribution in [3.05, 3.63) is 77.6 Å². The number of carbonyl (C=O) groups is 2. The summed E-state index contributed by atoms with van der Waals surface area (Å²) in [5, 5.41) is 18.7. The zero-order valence-corrected chi connectivity index (χ0v) is 15.2. The van der Waals surface area contributed by atoms with Crippen molar-refractivity contribution in [1.29, 1.82) is 0 Å². The molecule has 1 aromatic heterocycles. The highest BCUT2D eigenvalue weighted by Crippen LogP contribution is 2.28. The molecule has 2 aromatic carbocycles. The van der Waals surface area contributed by atoms with Gasteiger partial charge in [0.05, 0.1) is 0 Å². The van der Waals surface area contributed by atoms with E-state index in [2.05, 4.69) is 0 Å². The van der Waals surface area contributed by atoms with Crippen LogP contribution in [0.25, 0.3) is 17.4 Å². The molecule has 5 nitrogen and oxygen atoms in total. The lowest BCUT2D eigenvalue weighted by Crippen LogP contribution is -1.96. The van der Waals surface area contributed by atoms with E-state index >= 15 is 0 Å². The molecule has 0 saturated heterocycles. The highest BCUT2D eigenvalue weighted by Gasteiger charge is 2.12. The molecule has 27 heavy (non-hydrogen) atoms. The first-order valence-electron chi connectivity index (χ1n) is 8.01. The van der Waals surface area contributed by atoms with E-state index in [9.17, 15) is 14.7 Å². The average molecular weight is 380 g/mol. The number of carbonyl (C=O) groups excluding carboxylic acids is 1. The van der Waals surface area contributed by atoms with Crippen molar-refractivity contribution in [1.82, 2.24) is 0 Å². The molecule has 0 amide bonds. The minimum Gasteiger partial charge on any atom is -0.507 e.